The minimum atomic E-state index is 0.153. The molecule has 0 radical (unpaired) electrons. The van der Waals surface area contributed by atoms with Gasteiger partial charge in [-0.2, -0.15) is 0 Å². The fourth-order valence-electron chi connectivity index (χ4n) is 2.98. The van der Waals surface area contributed by atoms with Gasteiger partial charge in [0.15, 0.2) is 0 Å². The quantitative estimate of drug-likeness (QED) is 0.831. The lowest BCUT2D eigenvalue weighted by molar-refractivity contribution is -0.137. The molecule has 2 rings (SSSR count). The number of amides is 1. The Labute approximate surface area is 121 Å². The van der Waals surface area contributed by atoms with E-state index in [4.69, 9.17) is 4.42 Å². The SMILES string of the molecule is CCN(CC)C(=O)[C@H]1CCCN(Cc2ccc(C)o2)C1. The molecule has 4 heteroatoms. The Morgan fingerprint density at radius 3 is 2.75 bits per heavy atom. The van der Waals surface area contributed by atoms with Crippen LogP contribution in [-0.4, -0.2) is 41.9 Å². The maximum Gasteiger partial charge on any atom is 0.226 e. The van der Waals surface area contributed by atoms with Crippen molar-refractivity contribution in [1.29, 1.82) is 0 Å². The van der Waals surface area contributed by atoms with Gasteiger partial charge in [0, 0.05) is 19.6 Å². The predicted octanol–water partition coefficient (Wildman–Crippen LogP) is 2.67. The molecule has 0 N–H and O–H groups in total. The predicted molar refractivity (Wildman–Crippen MR) is 79.4 cm³/mol. The third kappa shape index (κ3) is 3.63. The molecule has 1 amide bonds. The number of carbonyl (C=O) groups excluding carboxylic acids is 1. The van der Waals surface area contributed by atoms with Crippen LogP contribution in [0.15, 0.2) is 16.5 Å². The summed E-state index contributed by atoms with van der Waals surface area (Å²) in [5.74, 6) is 2.42. The van der Waals surface area contributed by atoms with Crippen LogP contribution in [0.25, 0.3) is 0 Å². The molecule has 0 aromatic carbocycles. The summed E-state index contributed by atoms with van der Waals surface area (Å²) in [7, 11) is 0. The van der Waals surface area contributed by atoms with E-state index in [1.54, 1.807) is 0 Å². The lowest BCUT2D eigenvalue weighted by atomic mass is 9.96. The molecule has 112 valence electrons. The van der Waals surface area contributed by atoms with Crippen LogP contribution in [-0.2, 0) is 11.3 Å². The van der Waals surface area contributed by atoms with E-state index >= 15 is 0 Å². The van der Waals surface area contributed by atoms with Crippen LogP contribution in [0.3, 0.4) is 0 Å². The Hall–Kier alpha value is -1.29. The topological polar surface area (TPSA) is 36.7 Å². The number of piperidine rings is 1. The van der Waals surface area contributed by atoms with E-state index in [9.17, 15) is 4.79 Å². The molecule has 1 fully saturated rings. The van der Waals surface area contributed by atoms with Crippen molar-refractivity contribution in [2.24, 2.45) is 5.92 Å². The monoisotopic (exact) mass is 278 g/mol. The minimum absolute atomic E-state index is 0.153. The number of carbonyl (C=O) groups is 1. The molecule has 0 bridgehead atoms. The number of likely N-dealkylation sites (tertiary alicyclic amines) is 1. The van der Waals surface area contributed by atoms with Gasteiger partial charge in [-0.05, 0) is 52.3 Å². The number of furan rings is 1. The molecule has 1 aliphatic heterocycles. The standard InChI is InChI=1S/C16H26N2O2/c1-4-18(5-2)16(19)14-7-6-10-17(11-14)12-15-9-8-13(3)20-15/h8-9,14H,4-7,10-12H2,1-3H3/t14-/m0/s1. The van der Waals surface area contributed by atoms with Crippen LogP contribution < -0.4 is 0 Å². The second-order valence-electron chi connectivity index (χ2n) is 5.60. The Morgan fingerprint density at radius 1 is 1.40 bits per heavy atom. The van der Waals surface area contributed by atoms with Gasteiger partial charge < -0.3 is 9.32 Å². The van der Waals surface area contributed by atoms with Crippen LogP contribution in [0.4, 0.5) is 0 Å². The number of nitrogens with zero attached hydrogens (tertiary/aromatic N) is 2. The number of rotatable bonds is 5. The third-order valence-electron chi connectivity index (χ3n) is 4.11. The zero-order valence-corrected chi connectivity index (χ0v) is 12.9. The Bertz CT molecular complexity index is 437. The van der Waals surface area contributed by atoms with Gasteiger partial charge in [-0.15, -0.1) is 0 Å². The van der Waals surface area contributed by atoms with Crippen LogP contribution >= 0.6 is 0 Å². The summed E-state index contributed by atoms with van der Waals surface area (Å²) in [6.45, 7) is 10.4. The highest BCUT2D eigenvalue weighted by atomic mass is 16.3. The Kier molecular flexibility index (Phi) is 5.24. The molecule has 0 spiro atoms. The lowest BCUT2D eigenvalue weighted by Gasteiger charge is -2.34. The highest BCUT2D eigenvalue weighted by Gasteiger charge is 2.28. The first kappa shape index (κ1) is 15.1. The summed E-state index contributed by atoms with van der Waals surface area (Å²) < 4.78 is 5.63. The zero-order valence-electron chi connectivity index (χ0n) is 12.9. The van der Waals surface area contributed by atoms with Crippen LogP contribution in [0.1, 0.15) is 38.2 Å². The number of aryl methyl sites for hydroxylation is 1. The molecule has 0 aliphatic carbocycles. The summed E-state index contributed by atoms with van der Waals surface area (Å²) in [5, 5.41) is 0. The highest BCUT2D eigenvalue weighted by Crippen LogP contribution is 2.21. The molecule has 1 aromatic heterocycles. The maximum atomic E-state index is 12.4. The first-order valence-corrected chi connectivity index (χ1v) is 7.70. The average Bonchev–Trinajstić information content (AvgIpc) is 2.85. The molecule has 1 atom stereocenters. The van der Waals surface area contributed by atoms with Crippen LogP contribution in [0.2, 0.25) is 0 Å². The molecule has 2 heterocycles. The van der Waals surface area contributed by atoms with E-state index in [-0.39, 0.29) is 5.92 Å². The molecule has 1 aliphatic rings. The Morgan fingerprint density at radius 2 is 2.15 bits per heavy atom. The van der Waals surface area contributed by atoms with Gasteiger partial charge in [0.2, 0.25) is 5.91 Å². The number of hydrogen-bond acceptors (Lipinski definition) is 3. The van der Waals surface area contributed by atoms with Gasteiger partial charge >= 0.3 is 0 Å². The zero-order chi connectivity index (χ0) is 14.5. The summed E-state index contributed by atoms with van der Waals surface area (Å²) in [5.41, 5.74) is 0. The van der Waals surface area contributed by atoms with Gasteiger partial charge in [0.05, 0.1) is 12.5 Å². The van der Waals surface area contributed by atoms with E-state index in [0.29, 0.717) is 5.91 Å². The van der Waals surface area contributed by atoms with E-state index < -0.39 is 0 Å². The van der Waals surface area contributed by atoms with E-state index in [1.807, 2.05) is 37.8 Å². The van der Waals surface area contributed by atoms with E-state index in [1.165, 1.54) is 0 Å². The maximum absolute atomic E-state index is 12.4. The van der Waals surface area contributed by atoms with E-state index in [0.717, 1.165) is 57.1 Å². The lowest BCUT2D eigenvalue weighted by Crippen LogP contribution is -2.44. The van der Waals surface area contributed by atoms with Gasteiger partial charge in [0.25, 0.3) is 0 Å². The summed E-state index contributed by atoms with van der Waals surface area (Å²) in [4.78, 5) is 16.7. The molecule has 20 heavy (non-hydrogen) atoms. The van der Waals surface area contributed by atoms with Crippen molar-refractivity contribution in [3.8, 4) is 0 Å². The second kappa shape index (κ2) is 6.93. The molecule has 4 nitrogen and oxygen atoms in total. The molecule has 0 saturated carbocycles. The summed E-state index contributed by atoms with van der Waals surface area (Å²) in [6, 6.07) is 4.03. The van der Waals surface area contributed by atoms with Crippen molar-refractivity contribution >= 4 is 5.91 Å². The third-order valence-corrected chi connectivity index (χ3v) is 4.11. The largest absolute Gasteiger partial charge is 0.465 e. The van der Waals surface area contributed by atoms with Crippen LogP contribution in [0.5, 0.6) is 0 Å². The van der Waals surface area contributed by atoms with E-state index in [2.05, 4.69) is 4.90 Å². The number of hydrogen-bond donors (Lipinski definition) is 0. The van der Waals surface area contributed by atoms with Gasteiger partial charge in [-0.25, -0.2) is 0 Å². The minimum Gasteiger partial charge on any atom is -0.465 e. The Balaban J connectivity index is 1.92. The summed E-state index contributed by atoms with van der Waals surface area (Å²) >= 11 is 0. The smallest absolute Gasteiger partial charge is 0.226 e. The van der Waals surface area contributed by atoms with Gasteiger partial charge in [0.1, 0.15) is 11.5 Å². The second-order valence-corrected chi connectivity index (χ2v) is 5.60. The molecule has 1 aromatic rings. The van der Waals surface area contributed by atoms with Crippen molar-refractivity contribution in [2.45, 2.75) is 40.2 Å². The fraction of sp³-hybridized carbons (Fsp3) is 0.688. The van der Waals surface area contributed by atoms with Gasteiger partial charge in [-0.1, -0.05) is 0 Å². The summed E-state index contributed by atoms with van der Waals surface area (Å²) in [6.07, 6.45) is 2.11. The first-order chi connectivity index (χ1) is 9.63. The van der Waals surface area contributed by atoms with Crippen molar-refractivity contribution in [2.75, 3.05) is 26.2 Å². The van der Waals surface area contributed by atoms with Gasteiger partial charge in [-0.3, -0.25) is 9.69 Å². The average molecular weight is 278 g/mol. The molecule has 1 saturated heterocycles. The van der Waals surface area contributed by atoms with Crippen molar-refractivity contribution < 1.29 is 9.21 Å². The highest BCUT2D eigenvalue weighted by molar-refractivity contribution is 5.79. The van der Waals surface area contributed by atoms with Crippen molar-refractivity contribution in [3.63, 3.8) is 0 Å². The fourth-order valence-corrected chi connectivity index (χ4v) is 2.98. The van der Waals surface area contributed by atoms with Crippen LogP contribution in [0, 0.1) is 12.8 Å². The molecular formula is C16H26N2O2. The first-order valence-electron chi connectivity index (χ1n) is 7.70. The normalized spacial score (nSPS) is 20.1. The molecular weight excluding hydrogens is 252 g/mol. The molecule has 0 unspecified atom stereocenters. The van der Waals surface area contributed by atoms with Crippen molar-refractivity contribution in [3.05, 3.63) is 23.7 Å². The van der Waals surface area contributed by atoms with Crippen molar-refractivity contribution in [1.82, 2.24) is 9.80 Å².